The van der Waals surface area contributed by atoms with E-state index in [4.69, 9.17) is 19.4 Å². The Labute approximate surface area is 322 Å². The summed E-state index contributed by atoms with van der Waals surface area (Å²) in [6, 6.07) is 67.7. The third kappa shape index (κ3) is 5.45. The Morgan fingerprint density at radius 1 is 0.304 bits per heavy atom. The first-order chi connectivity index (χ1) is 27.7. The van der Waals surface area contributed by atoms with Crippen molar-refractivity contribution < 1.29 is 4.42 Å². The molecule has 8 aromatic carbocycles. The fourth-order valence-corrected chi connectivity index (χ4v) is 7.94. The van der Waals surface area contributed by atoms with Crippen LogP contribution in [0, 0.1) is 0 Å². The molecule has 0 N–H and O–H groups in total. The van der Waals surface area contributed by atoms with E-state index in [1.54, 1.807) is 0 Å². The maximum absolute atomic E-state index is 6.14. The molecule has 0 radical (unpaired) electrons. The summed E-state index contributed by atoms with van der Waals surface area (Å²) in [6.45, 7) is 0. The smallest absolute Gasteiger partial charge is 0.164 e. The predicted molar refractivity (Wildman–Crippen MR) is 229 cm³/mol. The average Bonchev–Trinajstić information content (AvgIpc) is 3.82. The van der Waals surface area contributed by atoms with Gasteiger partial charge in [-0.25, -0.2) is 15.0 Å². The van der Waals surface area contributed by atoms with Crippen LogP contribution in [0.3, 0.4) is 0 Å². The molecule has 0 bridgehead atoms. The van der Waals surface area contributed by atoms with E-state index in [9.17, 15) is 0 Å². The van der Waals surface area contributed by atoms with Crippen molar-refractivity contribution >= 4 is 43.7 Å². The lowest BCUT2D eigenvalue weighted by Crippen LogP contribution is -2.01. The minimum Gasteiger partial charge on any atom is -0.456 e. The summed E-state index contributed by atoms with van der Waals surface area (Å²) in [7, 11) is 0. The Bertz CT molecular complexity index is 3250. The van der Waals surface area contributed by atoms with Gasteiger partial charge < -0.3 is 8.98 Å². The summed E-state index contributed by atoms with van der Waals surface area (Å²) in [4.78, 5) is 15.3. The van der Waals surface area contributed by atoms with E-state index in [0.29, 0.717) is 17.5 Å². The van der Waals surface area contributed by atoms with Crippen LogP contribution in [0.2, 0.25) is 0 Å². The summed E-state index contributed by atoms with van der Waals surface area (Å²) >= 11 is 0. The van der Waals surface area contributed by atoms with Crippen LogP contribution in [0.4, 0.5) is 0 Å². The molecule has 0 aliphatic heterocycles. The summed E-state index contributed by atoms with van der Waals surface area (Å²) in [5, 5.41) is 4.49. The molecule has 56 heavy (non-hydrogen) atoms. The molecule has 0 amide bonds. The number of fused-ring (bicyclic) bond motifs is 6. The summed E-state index contributed by atoms with van der Waals surface area (Å²) in [5.74, 6) is 1.82. The minimum absolute atomic E-state index is 0.602. The molecule has 5 nitrogen and oxygen atoms in total. The van der Waals surface area contributed by atoms with Gasteiger partial charge in [0, 0.05) is 43.9 Å². The van der Waals surface area contributed by atoms with E-state index in [2.05, 4.69) is 138 Å². The molecule has 11 aromatic rings. The molecule has 262 valence electrons. The fourth-order valence-electron chi connectivity index (χ4n) is 7.94. The van der Waals surface area contributed by atoms with E-state index in [1.165, 1.54) is 27.5 Å². The van der Waals surface area contributed by atoms with Crippen molar-refractivity contribution in [2.75, 3.05) is 0 Å². The molecule has 0 spiro atoms. The zero-order valence-electron chi connectivity index (χ0n) is 30.2. The molecule has 5 heteroatoms. The van der Waals surface area contributed by atoms with Crippen molar-refractivity contribution in [3.05, 3.63) is 194 Å². The van der Waals surface area contributed by atoms with E-state index >= 15 is 0 Å². The van der Waals surface area contributed by atoms with E-state index in [0.717, 1.165) is 60.9 Å². The van der Waals surface area contributed by atoms with Crippen molar-refractivity contribution in [1.29, 1.82) is 0 Å². The highest BCUT2D eigenvalue weighted by Crippen LogP contribution is 2.37. The number of rotatable bonds is 6. The van der Waals surface area contributed by atoms with Crippen molar-refractivity contribution in [2.24, 2.45) is 0 Å². The topological polar surface area (TPSA) is 56.7 Å². The Kier molecular flexibility index (Phi) is 7.42. The van der Waals surface area contributed by atoms with E-state index < -0.39 is 0 Å². The molecule has 0 fully saturated rings. The number of hydrogen-bond donors (Lipinski definition) is 0. The first-order valence-corrected chi connectivity index (χ1v) is 18.8. The molecule has 0 unspecified atom stereocenters. The first kappa shape index (κ1) is 31.9. The van der Waals surface area contributed by atoms with Crippen LogP contribution in [0.1, 0.15) is 0 Å². The Balaban J connectivity index is 1.07. The standard InChI is InChI=1S/C51H32N4O/c1-3-13-33(14-4-1)35-17-11-18-36(29-35)37-25-27-42-41-21-7-9-23-45(41)55(46(42)32-37)40-20-12-19-38(30-40)50-52-49(34-15-5-2-6-16-34)53-51(54-50)39-26-28-48-44(31-39)43-22-8-10-24-47(43)56-48/h1-32H. The van der Waals surface area contributed by atoms with Gasteiger partial charge in [0.15, 0.2) is 17.5 Å². The summed E-state index contributed by atoms with van der Waals surface area (Å²) in [5.41, 5.74) is 12.4. The van der Waals surface area contributed by atoms with Crippen LogP contribution >= 0.6 is 0 Å². The van der Waals surface area contributed by atoms with Gasteiger partial charge in [0.1, 0.15) is 11.2 Å². The van der Waals surface area contributed by atoms with Crippen LogP contribution in [0.5, 0.6) is 0 Å². The molecular formula is C51H32N4O. The zero-order chi connectivity index (χ0) is 37.0. The maximum atomic E-state index is 6.14. The number of aromatic nitrogens is 4. The lowest BCUT2D eigenvalue weighted by atomic mass is 9.98. The zero-order valence-corrected chi connectivity index (χ0v) is 30.2. The fraction of sp³-hybridized carbons (Fsp3) is 0. The molecule has 3 aromatic heterocycles. The molecule has 0 aliphatic rings. The van der Waals surface area contributed by atoms with Crippen LogP contribution in [0.25, 0.3) is 106 Å². The average molecular weight is 717 g/mol. The van der Waals surface area contributed by atoms with Gasteiger partial charge >= 0.3 is 0 Å². The van der Waals surface area contributed by atoms with Crippen LogP contribution < -0.4 is 0 Å². The molecule has 0 atom stereocenters. The van der Waals surface area contributed by atoms with Gasteiger partial charge in [-0.3, -0.25) is 0 Å². The number of hydrogen-bond acceptors (Lipinski definition) is 4. The first-order valence-electron chi connectivity index (χ1n) is 18.8. The minimum atomic E-state index is 0.602. The second-order valence-corrected chi connectivity index (χ2v) is 14.1. The van der Waals surface area contributed by atoms with E-state index in [-0.39, 0.29) is 0 Å². The molecule has 0 aliphatic carbocycles. The normalized spacial score (nSPS) is 11.6. The van der Waals surface area contributed by atoms with Gasteiger partial charge in [0.2, 0.25) is 0 Å². The molecule has 3 heterocycles. The van der Waals surface area contributed by atoms with E-state index in [1.807, 2.05) is 60.7 Å². The molecule has 11 rings (SSSR count). The monoisotopic (exact) mass is 716 g/mol. The molecule has 0 saturated carbocycles. The van der Waals surface area contributed by atoms with Gasteiger partial charge in [0.25, 0.3) is 0 Å². The third-order valence-corrected chi connectivity index (χ3v) is 10.6. The summed E-state index contributed by atoms with van der Waals surface area (Å²) in [6.07, 6.45) is 0. The van der Waals surface area contributed by atoms with Gasteiger partial charge in [-0.2, -0.15) is 0 Å². The van der Waals surface area contributed by atoms with Crippen molar-refractivity contribution in [1.82, 2.24) is 19.5 Å². The molecular weight excluding hydrogens is 685 g/mol. The van der Waals surface area contributed by atoms with Crippen molar-refractivity contribution in [2.45, 2.75) is 0 Å². The third-order valence-electron chi connectivity index (χ3n) is 10.6. The predicted octanol–water partition coefficient (Wildman–Crippen LogP) is 13.2. The van der Waals surface area contributed by atoms with Gasteiger partial charge in [0.05, 0.1) is 11.0 Å². The quantitative estimate of drug-likeness (QED) is 0.172. The van der Waals surface area contributed by atoms with Crippen LogP contribution in [-0.4, -0.2) is 19.5 Å². The maximum Gasteiger partial charge on any atom is 0.164 e. The molecule has 0 saturated heterocycles. The highest BCUT2D eigenvalue weighted by molar-refractivity contribution is 6.10. The number of para-hydroxylation sites is 2. The van der Waals surface area contributed by atoms with Crippen molar-refractivity contribution in [3.63, 3.8) is 0 Å². The van der Waals surface area contributed by atoms with Gasteiger partial charge in [-0.05, 0) is 76.9 Å². The van der Waals surface area contributed by atoms with Gasteiger partial charge in [-0.15, -0.1) is 0 Å². The Hall–Kier alpha value is -7.63. The second kappa shape index (κ2) is 13.0. The Morgan fingerprint density at radius 2 is 0.839 bits per heavy atom. The highest BCUT2D eigenvalue weighted by atomic mass is 16.3. The SMILES string of the molecule is c1ccc(-c2cccc(-c3ccc4c5ccccc5n(-c5cccc(-c6nc(-c7ccccc7)nc(-c7ccc8oc9ccccc9c8c7)n6)c5)c4c3)c2)cc1. The number of nitrogens with zero attached hydrogens (tertiary/aromatic N) is 4. The highest BCUT2D eigenvalue weighted by Gasteiger charge is 2.17. The van der Waals surface area contributed by atoms with Crippen LogP contribution in [0.15, 0.2) is 199 Å². The largest absolute Gasteiger partial charge is 0.456 e. The number of benzene rings is 8. The van der Waals surface area contributed by atoms with Gasteiger partial charge in [-0.1, -0.05) is 140 Å². The lowest BCUT2D eigenvalue weighted by molar-refractivity contribution is 0.669. The summed E-state index contributed by atoms with van der Waals surface area (Å²) < 4.78 is 8.50. The number of furan rings is 1. The Morgan fingerprint density at radius 3 is 1.64 bits per heavy atom. The van der Waals surface area contributed by atoms with Crippen molar-refractivity contribution in [3.8, 4) is 62.1 Å². The van der Waals surface area contributed by atoms with Crippen LogP contribution in [-0.2, 0) is 0 Å². The lowest BCUT2D eigenvalue weighted by Gasteiger charge is -2.12. The second-order valence-electron chi connectivity index (χ2n) is 14.1.